The summed E-state index contributed by atoms with van der Waals surface area (Å²) in [5.41, 5.74) is 0.574. The minimum atomic E-state index is -4.79. The molecule has 0 spiro atoms. The molecule has 2 N–H and O–H groups in total. The predicted molar refractivity (Wildman–Crippen MR) is 75.3 cm³/mol. The third-order valence-electron chi connectivity index (χ3n) is 2.78. The molecule has 0 heterocycles. The van der Waals surface area contributed by atoms with Gasteiger partial charge >= 0.3 is 12.4 Å². The standard InChI is InChI=1S/C15H11F5N2O2/c16-12-6-1-9(7-13(12)17)8-21-14(23)22-10-2-4-11(5-3-10)24-15(18,19)20/h1-7H,8H2,(H2,21,22,23). The van der Waals surface area contributed by atoms with E-state index >= 15 is 0 Å². The fourth-order valence-corrected chi connectivity index (χ4v) is 1.75. The van der Waals surface area contributed by atoms with Gasteiger partial charge in [0.25, 0.3) is 0 Å². The molecule has 0 radical (unpaired) electrons. The first-order valence-electron chi connectivity index (χ1n) is 6.57. The molecule has 2 amide bonds. The van der Waals surface area contributed by atoms with Crippen molar-refractivity contribution in [1.29, 1.82) is 0 Å². The molecular weight excluding hydrogens is 335 g/mol. The van der Waals surface area contributed by atoms with Crippen molar-refractivity contribution < 1.29 is 31.5 Å². The Morgan fingerprint density at radius 3 is 2.25 bits per heavy atom. The number of rotatable bonds is 4. The summed E-state index contributed by atoms with van der Waals surface area (Å²) in [6.07, 6.45) is -4.79. The van der Waals surface area contributed by atoms with Crippen LogP contribution in [-0.2, 0) is 6.54 Å². The highest BCUT2D eigenvalue weighted by Gasteiger charge is 2.30. The molecule has 0 aliphatic heterocycles. The highest BCUT2D eigenvalue weighted by atomic mass is 19.4. The summed E-state index contributed by atoms with van der Waals surface area (Å²) >= 11 is 0. The van der Waals surface area contributed by atoms with Crippen molar-refractivity contribution in [2.75, 3.05) is 5.32 Å². The molecule has 0 aliphatic rings. The van der Waals surface area contributed by atoms with Gasteiger partial charge in [-0.3, -0.25) is 0 Å². The number of amides is 2. The van der Waals surface area contributed by atoms with E-state index in [1.807, 2.05) is 0 Å². The molecule has 2 aromatic carbocycles. The molecular formula is C15H11F5N2O2. The van der Waals surface area contributed by atoms with Crippen LogP contribution in [-0.4, -0.2) is 12.4 Å². The first kappa shape index (κ1) is 17.5. The largest absolute Gasteiger partial charge is 0.573 e. The van der Waals surface area contributed by atoms with E-state index in [9.17, 15) is 26.7 Å². The Balaban J connectivity index is 1.86. The lowest BCUT2D eigenvalue weighted by atomic mass is 10.2. The summed E-state index contributed by atoms with van der Waals surface area (Å²) in [4.78, 5) is 11.7. The Hall–Kier alpha value is -2.84. The number of benzene rings is 2. The monoisotopic (exact) mass is 346 g/mol. The van der Waals surface area contributed by atoms with Crippen LogP contribution in [0.4, 0.5) is 32.4 Å². The van der Waals surface area contributed by atoms with E-state index in [0.29, 0.717) is 5.56 Å². The molecule has 0 aromatic heterocycles. The number of carbonyl (C=O) groups excluding carboxylic acids is 1. The average molecular weight is 346 g/mol. The number of carbonyl (C=O) groups is 1. The summed E-state index contributed by atoms with van der Waals surface area (Å²) in [6.45, 7) is -0.0572. The molecule has 0 atom stereocenters. The maximum absolute atomic E-state index is 13.0. The molecule has 0 aliphatic carbocycles. The summed E-state index contributed by atoms with van der Waals surface area (Å²) < 4.78 is 65.5. The molecule has 0 bridgehead atoms. The zero-order chi connectivity index (χ0) is 17.7. The number of halogens is 5. The predicted octanol–water partition coefficient (Wildman–Crippen LogP) is 4.19. The van der Waals surface area contributed by atoms with Gasteiger partial charge in [0.05, 0.1) is 0 Å². The van der Waals surface area contributed by atoms with Gasteiger partial charge in [-0.1, -0.05) is 6.07 Å². The van der Waals surface area contributed by atoms with Crippen LogP contribution < -0.4 is 15.4 Å². The van der Waals surface area contributed by atoms with Gasteiger partial charge < -0.3 is 15.4 Å². The molecule has 128 valence electrons. The van der Waals surface area contributed by atoms with E-state index in [0.717, 1.165) is 24.3 Å². The summed E-state index contributed by atoms with van der Waals surface area (Å²) in [7, 11) is 0. The van der Waals surface area contributed by atoms with Crippen LogP contribution in [0.5, 0.6) is 5.75 Å². The molecule has 0 fully saturated rings. The third kappa shape index (κ3) is 5.41. The molecule has 0 saturated heterocycles. The molecule has 2 rings (SSSR count). The van der Waals surface area contributed by atoms with Gasteiger partial charge in [-0.25, -0.2) is 13.6 Å². The van der Waals surface area contributed by atoms with Crippen LogP contribution in [0, 0.1) is 11.6 Å². The van der Waals surface area contributed by atoms with Gasteiger partial charge in [0.2, 0.25) is 0 Å². The number of anilines is 1. The van der Waals surface area contributed by atoms with E-state index in [-0.39, 0.29) is 12.2 Å². The van der Waals surface area contributed by atoms with Crippen LogP contribution in [0.25, 0.3) is 0 Å². The van der Waals surface area contributed by atoms with Gasteiger partial charge in [0.15, 0.2) is 11.6 Å². The second-order valence-electron chi connectivity index (χ2n) is 4.63. The van der Waals surface area contributed by atoms with Gasteiger partial charge in [-0.05, 0) is 42.0 Å². The number of hydrogen-bond acceptors (Lipinski definition) is 2. The molecule has 4 nitrogen and oxygen atoms in total. The highest BCUT2D eigenvalue weighted by Crippen LogP contribution is 2.23. The lowest BCUT2D eigenvalue weighted by molar-refractivity contribution is -0.274. The van der Waals surface area contributed by atoms with Crippen molar-refractivity contribution >= 4 is 11.7 Å². The van der Waals surface area contributed by atoms with E-state index < -0.39 is 29.8 Å². The topological polar surface area (TPSA) is 50.4 Å². The Morgan fingerprint density at radius 1 is 1.00 bits per heavy atom. The van der Waals surface area contributed by atoms with Crippen LogP contribution in [0.15, 0.2) is 42.5 Å². The van der Waals surface area contributed by atoms with Crippen LogP contribution in [0.1, 0.15) is 5.56 Å². The normalized spacial score (nSPS) is 11.0. The average Bonchev–Trinajstić information content (AvgIpc) is 2.49. The molecule has 0 unspecified atom stereocenters. The smallest absolute Gasteiger partial charge is 0.406 e. The fraction of sp³-hybridized carbons (Fsp3) is 0.133. The van der Waals surface area contributed by atoms with Gasteiger partial charge in [-0.15, -0.1) is 13.2 Å². The molecule has 0 saturated carbocycles. The zero-order valence-corrected chi connectivity index (χ0v) is 12.0. The van der Waals surface area contributed by atoms with Crippen molar-refractivity contribution in [2.45, 2.75) is 12.9 Å². The Morgan fingerprint density at radius 2 is 1.67 bits per heavy atom. The lowest BCUT2D eigenvalue weighted by Crippen LogP contribution is -2.28. The summed E-state index contributed by atoms with van der Waals surface area (Å²) in [5, 5.41) is 4.77. The van der Waals surface area contributed by atoms with Crippen molar-refractivity contribution in [1.82, 2.24) is 5.32 Å². The van der Waals surface area contributed by atoms with E-state index in [1.54, 1.807) is 0 Å². The summed E-state index contributed by atoms with van der Waals surface area (Å²) in [5.74, 6) is -2.45. The van der Waals surface area contributed by atoms with E-state index in [2.05, 4.69) is 15.4 Å². The first-order chi connectivity index (χ1) is 11.2. The van der Waals surface area contributed by atoms with E-state index in [4.69, 9.17) is 0 Å². The Labute approximate surface area is 133 Å². The van der Waals surface area contributed by atoms with Crippen LogP contribution in [0.3, 0.4) is 0 Å². The van der Waals surface area contributed by atoms with Gasteiger partial charge in [-0.2, -0.15) is 0 Å². The molecule has 24 heavy (non-hydrogen) atoms. The van der Waals surface area contributed by atoms with Crippen molar-refractivity contribution in [2.24, 2.45) is 0 Å². The quantitative estimate of drug-likeness (QED) is 0.816. The van der Waals surface area contributed by atoms with Gasteiger partial charge in [0.1, 0.15) is 5.75 Å². The van der Waals surface area contributed by atoms with Gasteiger partial charge in [0, 0.05) is 12.2 Å². The van der Waals surface area contributed by atoms with E-state index in [1.165, 1.54) is 18.2 Å². The molecule has 9 heteroatoms. The number of urea groups is 1. The summed E-state index contributed by atoms with van der Waals surface area (Å²) in [6, 6.07) is 7.04. The van der Waals surface area contributed by atoms with Crippen LogP contribution in [0.2, 0.25) is 0 Å². The van der Waals surface area contributed by atoms with Crippen LogP contribution >= 0.6 is 0 Å². The number of alkyl halides is 3. The Bertz CT molecular complexity index is 717. The van der Waals surface area contributed by atoms with Crippen molar-refractivity contribution in [3.8, 4) is 5.75 Å². The second kappa shape index (κ2) is 7.16. The number of nitrogens with one attached hydrogen (secondary N) is 2. The van der Waals surface area contributed by atoms with Crippen molar-refractivity contribution in [3.05, 3.63) is 59.7 Å². The second-order valence-corrected chi connectivity index (χ2v) is 4.63. The highest BCUT2D eigenvalue weighted by molar-refractivity contribution is 5.89. The third-order valence-corrected chi connectivity index (χ3v) is 2.78. The Kier molecular flexibility index (Phi) is 5.22. The lowest BCUT2D eigenvalue weighted by Gasteiger charge is -2.10. The fourth-order valence-electron chi connectivity index (χ4n) is 1.75. The first-order valence-corrected chi connectivity index (χ1v) is 6.57. The van der Waals surface area contributed by atoms with Crippen molar-refractivity contribution in [3.63, 3.8) is 0 Å². The zero-order valence-electron chi connectivity index (χ0n) is 12.0. The maximum Gasteiger partial charge on any atom is 0.573 e. The molecule has 2 aromatic rings. The number of hydrogen-bond donors (Lipinski definition) is 2. The maximum atomic E-state index is 13.0. The SMILES string of the molecule is O=C(NCc1ccc(F)c(F)c1)Nc1ccc(OC(F)(F)F)cc1. The minimum Gasteiger partial charge on any atom is -0.406 e. The minimum absolute atomic E-state index is 0.0572. The number of ether oxygens (including phenoxy) is 1.